The molecule has 3 aromatic carbocycles. The Labute approximate surface area is 255 Å². The van der Waals surface area contributed by atoms with Crippen LogP contribution in [0.3, 0.4) is 0 Å². The minimum absolute atomic E-state index is 0.0988. The van der Waals surface area contributed by atoms with Gasteiger partial charge < -0.3 is 9.47 Å². The molecule has 1 aliphatic rings. The fourth-order valence-corrected chi connectivity index (χ4v) is 5.35. The first kappa shape index (κ1) is 30.8. The first-order valence-corrected chi connectivity index (χ1v) is 14.8. The second-order valence-corrected chi connectivity index (χ2v) is 10.7. The molecule has 0 N–H and O–H groups in total. The number of carbonyl (C=O) groups excluding carboxylic acids is 2. The molecule has 44 heavy (non-hydrogen) atoms. The lowest BCUT2D eigenvalue weighted by Crippen LogP contribution is -2.30. The van der Waals surface area contributed by atoms with Crippen LogP contribution >= 0.6 is 11.8 Å². The van der Waals surface area contributed by atoms with Crippen LogP contribution in [0.2, 0.25) is 0 Å². The highest BCUT2D eigenvalue weighted by Crippen LogP contribution is 2.31. The summed E-state index contributed by atoms with van der Waals surface area (Å²) in [6.07, 6.45) is -0.771. The molecule has 0 spiro atoms. The lowest BCUT2D eigenvalue weighted by Gasteiger charge is -2.19. The van der Waals surface area contributed by atoms with Crippen LogP contribution in [-0.2, 0) is 22.4 Å². The van der Waals surface area contributed by atoms with Crippen LogP contribution in [0.25, 0.3) is 17.1 Å². The van der Waals surface area contributed by atoms with Crippen LogP contribution in [0.4, 0.5) is 23.7 Å². The summed E-state index contributed by atoms with van der Waals surface area (Å²) in [5.74, 6) is 0.183. The number of ether oxygens (including phenoxy) is 2. The van der Waals surface area contributed by atoms with Crippen LogP contribution in [-0.4, -0.2) is 50.7 Å². The Hall–Kier alpha value is -4.65. The van der Waals surface area contributed by atoms with E-state index in [0.717, 1.165) is 41.6 Å². The van der Waals surface area contributed by atoms with E-state index in [1.165, 1.54) is 51.9 Å². The summed E-state index contributed by atoms with van der Waals surface area (Å²) in [6.45, 7) is 2.21. The molecule has 1 aliphatic heterocycles. The number of aromatic nitrogens is 3. The zero-order valence-corrected chi connectivity index (χ0v) is 24.5. The predicted octanol–water partition coefficient (Wildman–Crippen LogP) is 6.99. The van der Waals surface area contributed by atoms with E-state index < -0.39 is 12.5 Å². The van der Waals surface area contributed by atoms with Crippen molar-refractivity contribution in [1.82, 2.24) is 14.8 Å². The van der Waals surface area contributed by atoms with Gasteiger partial charge in [-0.25, -0.2) is 14.5 Å². The van der Waals surface area contributed by atoms with Gasteiger partial charge in [-0.15, -0.1) is 18.3 Å². The van der Waals surface area contributed by atoms with Gasteiger partial charge in [-0.05, 0) is 54.3 Å². The maximum Gasteiger partial charge on any atom is 0.573 e. The number of anilines is 1. The minimum atomic E-state index is -4.76. The van der Waals surface area contributed by atoms with E-state index in [2.05, 4.69) is 26.7 Å². The highest BCUT2D eigenvalue weighted by molar-refractivity contribution is 8.15. The Balaban J connectivity index is 1.16. The van der Waals surface area contributed by atoms with E-state index in [1.807, 2.05) is 48.5 Å². The quantitative estimate of drug-likeness (QED) is 0.188. The fraction of sp³-hybridized carbons (Fsp3) is 0.258. The molecular weight excluding hydrogens is 595 g/mol. The van der Waals surface area contributed by atoms with Gasteiger partial charge in [0.25, 0.3) is 0 Å². The van der Waals surface area contributed by atoms with Crippen molar-refractivity contribution >= 4 is 34.6 Å². The number of amidine groups is 1. The third kappa shape index (κ3) is 7.84. The monoisotopic (exact) mass is 623 g/mol. The summed E-state index contributed by atoms with van der Waals surface area (Å²) in [5, 5.41) is 4.71. The van der Waals surface area contributed by atoms with Gasteiger partial charge >= 0.3 is 12.5 Å². The van der Waals surface area contributed by atoms with Gasteiger partial charge in [0.1, 0.15) is 12.1 Å². The summed E-state index contributed by atoms with van der Waals surface area (Å²) in [7, 11) is 0. The highest BCUT2D eigenvalue weighted by Gasteiger charge is 2.32. The third-order valence-electron chi connectivity index (χ3n) is 6.64. The van der Waals surface area contributed by atoms with Crippen LogP contribution in [0.15, 0.2) is 84.1 Å². The molecule has 13 heteroatoms. The van der Waals surface area contributed by atoms with Crippen LogP contribution in [0.5, 0.6) is 5.75 Å². The van der Waals surface area contributed by atoms with Gasteiger partial charge in [0.15, 0.2) is 11.0 Å². The number of benzene rings is 3. The maximum absolute atomic E-state index is 12.7. The minimum Gasteiger partial charge on any atom is -0.448 e. The van der Waals surface area contributed by atoms with Crippen molar-refractivity contribution in [2.45, 2.75) is 39.0 Å². The first-order chi connectivity index (χ1) is 21.2. The maximum atomic E-state index is 12.7. The van der Waals surface area contributed by atoms with E-state index >= 15 is 0 Å². The van der Waals surface area contributed by atoms with Gasteiger partial charge in [-0.1, -0.05) is 67.6 Å². The molecule has 2 amide bonds. The number of thioether (sulfide) groups is 1. The Morgan fingerprint density at radius 1 is 1.02 bits per heavy atom. The lowest BCUT2D eigenvalue weighted by atomic mass is 10.1. The number of aryl methyl sites for hydroxylation is 1. The van der Waals surface area contributed by atoms with Gasteiger partial charge in [0.05, 0.1) is 23.7 Å². The average molecular weight is 624 g/mol. The molecule has 1 saturated heterocycles. The Kier molecular flexibility index (Phi) is 9.63. The standard InChI is InChI=1S/C31H28F3N5O4S/c1-2-3-6-22-7-4-5-8-26(22)39-27(40)19-44-29(39)36-30(41)42-18-17-21-9-11-23(12-10-21)28-35-20-38(37-28)24-13-15-25(16-14-24)43-31(32,33)34/h4-5,7-16,20H,2-3,6,17-19H2,1H3. The Morgan fingerprint density at radius 2 is 1.77 bits per heavy atom. The van der Waals surface area contributed by atoms with Crippen molar-refractivity contribution in [3.8, 4) is 22.8 Å². The fourth-order valence-electron chi connectivity index (χ4n) is 4.50. The zero-order chi connectivity index (χ0) is 31.1. The molecule has 0 saturated carbocycles. The van der Waals surface area contributed by atoms with Crippen LogP contribution < -0.4 is 9.64 Å². The molecule has 1 fully saturated rings. The van der Waals surface area contributed by atoms with Gasteiger partial charge in [-0.3, -0.25) is 9.69 Å². The van der Waals surface area contributed by atoms with Crippen molar-refractivity contribution in [3.05, 3.63) is 90.3 Å². The molecule has 0 aliphatic carbocycles. The van der Waals surface area contributed by atoms with Gasteiger partial charge in [-0.2, -0.15) is 4.99 Å². The molecule has 0 atom stereocenters. The number of nitrogens with zero attached hydrogens (tertiary/aromatic N) is 5. The smallest absolute Gasteiger partial charge is 0.448 e. The third-order valence-corrected chi connectivity index (χ3v) is 7.56. The molecule has 0 radical (unpaired) electrons. The van der Waals surface area contributed by atoms with Gasteiger partial charge in [0.2, 0.25) is 5.91 Å². The summed E-state index contributed by atoms with van der Waals surface area (Å²) in [4.78, 5) is 35.1. The topological polar surface area (TPSA) is 98.9 Å². The molecule has 5 rings (SSSR count). The van der Waals surface area contributed by atoms with Crippen molar-refractivity contribution in [2.24, 2.45) is 4.99 Å². The molecule has 228 valence electrons. The number of unbranched alkanes of at least 4 members (excludes halogenated alkanes) is 1. The van der Waals surface area contributed by atoms with Crippen LogP contribution in [0.1, 0.15) is 30.9 Å². The highest BCUT2D eigenvalue weighted by atomic mass is 32.2. The van der Waals surface area contributed by atoms with Crippen molar-refractivity contribution in [1.29, 1.82) is 0 Å². The number of alkyl halides is 3. The number of para-hydroxylation sites is 1. The van der Waals surface area contributed by atoms with Crippen molar-refractivity contribution in [2.75, 3.05) is 17.3 Å². The van der Waals surface area contributed by atoms with E-state index in [0.29, 0.717) is 23.1 Å². The summed E-state index contributed by atoms with van der Waals surface area (Å²) in [6, 6.07) is 20.3. The van der Waals surface area contributed by atoms with Crippen molar-refractivity contribution in [3.63, 3.8) is 0 Å². The number of halogens is 3. The Morgan fingerprint density at radius 3 is 2.50 bits per heavy atom. The van der Waals surface area contributed by atoms with E-state index in [9.17, 15) is 22.8 Å². The van der Waals surface area contributed by atoms with E-state index in [4.69, 9.17) is 4.74 Å². The molecule has 4 aromatic rings. The SMILES string of the molecule is CCCCc1ccccc1N1C(=O)CSC1=NC(=O)OCCc1ccc(-c2ncn(-c3ccc(OC(F)(F)F)cc3)n2)cc1. The normalized spacial score (nSPS) is 14.3. The summed E-state index contributed by atoms with van der Waals surface area (Å²) < 4.78 is 47.9. The van der Waals surface area contributed by atoms with E-state index in [1.54, 1.807) is 0 Å². The number of amides is 2. The van der Waals surface area contributed by atoms with Crippen molar-refractivity contribution < 1.29 is 32.2 Å². The lowest BCUT2D eigenvalue weighted by molar-refractivity contribution is -0.274. The second-order valence-electron chi connectivity index (χ2n) is 9.76. The molecule has 1 aromatic heterocycles. The molecule has 0 unspecified atom stereocenters. The largest absolute Gasteiger partial charge is 0.573 e. The number of carbonyl (C=O) groups is 2. The van der Waals surface area contributed by atoms with Crippen LogP contribution in [0, 0.1) is 0 Å². The number of hydrogen-bond acceptors (Lipinski definition) is 7. The Bertz CT molecular complexity index is 1640. The molecular formula is C31H28F3N5O4S. The molecule has 9 nitrogen and oxygen atoms in total. The number of rotatable bonds is 10. The zero-order valence-electron chi connectivity index (χ0n) is 23.7. The second kappa shape index (κ2) is 13.8. The first-order valence-electron chi connectivity index (χ1n) is 13.9. The number of aliphatic imine (C=N–C) groups is 1. The molecule has 0 bridgehead atoms. The number of hydrogen-bond donors (Lipinski definition) is 0. The average Bonchev–Trinajstić information content (AvgIpc) is 3.63. The molecule has 2 heterocycles. The summed E-state index contributed by atoms with van der Waals surface area (Å²) >= 11 is 1.21. The van der Waals surface area contributed by atoms with Gasteiger partial charge in [0, 0.05) is 12.0 Å². The summed E-state index contributed by atoms with van der Waals surface area (Å²) in [5.41, 5.74) is 3.94. The van der Waals surface area contributed by atoms with E-state index in [-0.39, 0.29) is 24.0 Å². The predicted molar refractivity (Wildman–Crippen MR) is 161 cm³/mol.